The molecule has 0 fully saturated rings. The summed E-state index contributed by atoms with van der Waals surface area (Å²) in [7, 11) is 1.13. The zero-order valence-electron chi connectivity index (χ0n) is 9.42. The van der Waals surface area contributed by atoms with Crippen LogP contribution in [0.3, 0.4) is 0 Å². The molecule has 2 aromatic rings. The first-order valence-electron chi connectivity index (χ1n) is 4.89. The number of imidazole rings is 1. The van der Waals surface area contributed by atoms with Crippen LogP contribution in [0.4, 0.5) is 18.9 Å². The molecule has 1 aromatic heterocycles. The number of aryl methyl sites for hydroxylation is 1. The van der Waals surface area contributed by atoms with Gasteiger partial charge in [-0.25, -0.2) is 9.78 Å². The molecule has 3 N–H and O–H groups in total. The van der Waals surface area contributed by atoms with Gasteiger partial charge in [-0.3, -0.25) is 0 Å². The third-order valence-corrected chi connectivity index (χ3v) is 3.00. The summed E-state index contributed by atoms with van der Waals surface area (Å²) in [4.78, 5) is 14.3. The van der Waals surface area contributed by atoms with Gasteiger partial charge in [-0.15, -0.1) is 0 Å². The Bertz CT molecular complexity index is 694. The molecule has 0 aliphatic carbocycles. The normalized spacial score (nSPS) is 12.1. The maximum atomic E-state index is 12.7. The molecule has 0 amide bonds. The van der Waals surface area contributed by atoms with Crippen LogP contribution in [0.25, 0.3) is 11.0 Å². The number of carbonyl (C=O) groups is 1. The highest BCUT2D eigenvalue weighted by Crippen LogP contribution is 2.36. The molecular formula is C10H7ClF3N3O2. The molecule has 0 bridgehead atoms. The molecule has 9 heteroatoms. The van der Waals surface area contributed by atoms with Crippen LogP contribution < -0.4 is 5.73 Å². The zero-order chi connectivity index (χ0) is 14.5. The Hall–Kier alpha value is -1.96. The van der Waals surface area contributed by atoms with E-state index in [1.54, 1.807) is 0 Å². The number of carboxylic acids is 1. The third kappa shape index (κ3) is 1.97. The average Bonchev–Trinajstić information content (AvgIpc) is 2.60. The fraction of sp³-hybridized carbons (Fsp3) is 0.200. The number of benzene rings is 1. The van der Waals surface area contributed by atoms with E-state index in [1.165, 1.54) is 0 Å². The Labute approximate surface area is 109 Å². The number of aromatic carboxylic acids is 1. The number of hydrogen-bond acceptors (Lipinski definition) is 3. The first-order chi connectivity index (χ1) is 8.64. The lowest BCUT2D eigenvalue weighted by molar-refractivity contribution is -0.146. The first-order valence-corrected chi connectivity index (χ1v) is 5.27. The highest BCUT2D eigenvalue weighted by molar-refractivity contribution is 6.38. The lowest BCUT2D eigenvalue weighted by atomic mass is 10.1. The van der Waals surface area contributed by atoms with Gasteiger partial charge in [0.25, 0.3) is 0 Å². The standard InChI is InChI=1S/C10H7ClF3N3O2/c1-17-7-4(16-9(17)10(12,13)14)2-3(8(18)19)6(15)5(7)11/h2H,15H2,1H3,(H,18,19). The fourth-order valence-electron chi connectivity index (χ4n) is 1.77. The predicted octanol–water partition coefficient (Wildman–Crippen LogP) is 2.53. The smallest absolute Gasteiger partial charge is 0.449 e. The van der Waals surface area contributed by atoms with Gasteiger partial charge in [-0.05, 0) is 6.07 Å². The van der Waals surface area contributed by atoms with E-state index in [0.29, 0.717) is 0 Å². The molecule has 102 valence electrons. The van der Waals surface area contributed by atoms with Crippen LogP contribution in [0.1, 0.15) is 16.2 Å². The summed E-state index contributed by atoms with van der Waals surface area (Å²) < 4.78 is 38.8. The summed E-state index contributed by atoms with van der Waals surface area (Å²) >= 11 is 5.83. The van der Waals surface area contributed by atoms with Crippen molar-refractivity contribution >= 4 is 34.3 Å². The van der Waals surface area contributed by atoms with Gasteiger partial charge in [0.2, 0.25) is 5.82 Å². The van der Waals surface area contributed by atoms with Gasteiger partial charge in [-0.2, -0.15) is 13.2 Å². The topological polar surface area (TPSA) is 81.1 Å². The fourth-order valence-corrected chi connectivity index (χ4v) is 2.10. The number of hydrogen-bond donors (Lipinski definition) is 2. The Kier molecular flexibility index (Phi) is 2.85. The van der Waals surface area contributed by atoms with Gasteiger partial charge in [0.05, 0.1) is 27.3 Å². The molecule has 0 radical (unpaired) electrons. The van der Waals surface area contributed by atoms with Crippen molar-refractivity contribution in [1.82, 2.24) is 9.55 Å². The van der Waals surface area contributed by atoms with E-state index in [9.17, 15) is 18.0 Å². The molecule has 0 saturated heterocycles. The Morgan fingerprint density at radius 1 is 1.53 bits per heavy atom. The van der Waals surface area contributed by atoms with Crippen molar-refractivity contribution in [2.45, 2.75) is 6.18 Å². The number of halogens is 4. The van der Waals surface area contributed by atoms with Crippen molar-refractivity contribution in [2.75, 3.05) is 5.73 Å². The molecule has 0 aliphatic rings. The molecule has 0 spiro atoms. The molecule has 0 saturated carbocycles. The van der Waals surface area contributed by atoms with Crippen molar-refractivity contribution in [3.63, 3.8) is 0 Å². The second-order valence-electron chi connectivity index (χ2n) is 3.82. The monoisotopic (exact) mass is 293 g/mol. The van der Waals surface area contributed by atoms with E-state index in [4.69, 9.17) is 22.4 Å². The Morgan fingerprint density at radius 2 is 2.11 bits per heavy atom. The number of alkyl halides is 3. The number of rotatable bonds is 1. The van der Waals surface area contributed by atoms with Gasteiger partial charge in [0, 0.05) is 7.05 Å². The van der Waals surface area contributed by atoms with E-state index >= 15 is 0 Å². The van der Waals surface area contributed by atoms with Crippen LogP contribution in [0, 0.1) is 0 Å². The second-order valence-corrected chi connectivity index (χ2v) is 4.19. The van der Waals surface area contributed by atoms with E-state index in [1.807, 2.05) is 0 Å². The average molecular weight is 294 g/mol. The summed E-state index contributed by atoms with van der Waals surface area (Å²) in [6.07, 6.45) is -4.67. The van der Waals surface area contributed by atoms with E-state index < -0.39 is 18.0 Å². The highest BCUT2D eigenvalue weighted by Gasteiger charge is 2.37. The van der Waals surface area contributed by atoms with Crippen LogP contribution in [0.2, 0.25) is 5.02 Å². The summed E-state index contributed by atoms with van der Waals surface area (Å²) in [6, 6.07) is 0.966. The van der Waals surface area contributed by atoms with Gasteiger partial charge in [-0.1, -0.05) is 11.6 Å². The lowest BCUT2D eigenvalue weighted by Crippen LogP contribution is -2.12. The molecule has 0 atom stereocenters. The number of aromatic nitrogens is 2. The number of nitrogen functional groups attached to an aromatic ring is 1. The molecule has 0 unspecified atom stereocenters. The SMILES string of the molecule is Cn1c(C(F)(F)F)nc2cc(C(=O)O)c(N)c(Cl)c21. The van der Waals surface area contributed by atoms with Crippen molar-refractivity contribution in [2.24, 2.45) is 7.05 Å². The van der Waals surface area contributed by atoms with E-state index in [-0.39, 0.29) is 27.3 Å². The third-order valence-electron chi connectivity index (χ3n) is 2.62. The van der Waals surface area contributed by atoms with Crippen molar-refractivity contribution in [3.8, 4) is 0 Å². The molecule has 2 rings (SSSR count). The quantitative estimate of drug-likeness (QED) is 0.792. The number of nitrogens with two attached hydrogens (primary N) is 1. The maximum absolute atomic E-state index is 12.7. The number of nitrogens with zero attached hydrogens (tertiary/aromatic N) is 2. The van der Waals surface area contributed by atoms with Crippen LogP contribution in [-0.4, -0.2) is 20.6 Å². The summed E-state index contributed by atoms with van der Waals surface area (Å²) in [5.41, 5.74) is 4.59. The number of anilines is 1. The molecule has 19 heavy (non-hydrogen) atoms. The minimum absolute atomic E-state index is 0.0588. The lowest BCUT2D eigenvalue weighted by Gasteiger charge is -2.07. The van der Waals surface area contributed by atoms with Crippen molar-refractivity contribution < 1.29 is 23.1 Å². The van der Waals surface area contributed by atoms with Crippen molar-refractivity contribution in [3.05, 3.63) is 22.5 Å². The van der Waals surface area contributed by atoms with Crippen LogP contribution in [0.5, 0.6) is 0 Å². The largest absolute Gasteiger partial charge is 0.478 e. The zero-order valence-corrected chi connectivity index (χ0v) is 10.2. The van der Waals surface area contributed by atoms with Crippen LogP contribution >= 0.6 is 11.6 Å². The molecular weight excluding hydrogens is 287 g/mol. The minimum atomic E-state index is -4.67. The molecule has 1 heterocycles. The highest BCUT2D eigenvalue weighted by atomic mass is 35.5. The molecule has 1 aromatic carbocycles. The van der Waals surface area contributed by atoms with Crippen LogP contribution in [-0.2, 0) is 13.2 Å². The second kappa shape index (κ2) is 4.02. The minimum Gasteiger partial charge on any atom is -0.478 e. The van der Waals surface area contributed by atoms with Crippen LogP contribution in [0.15, 0.2) is 6.07 Å². The summed E-state index contributed by atoms with van der Waals surface area (Å²) in [5, 5.41) is 8.63. The summed E-state index contributed by atoms with van der Waals surface area (Å²) in [5.74, 6) is -2.56. The Morgan fingerprint density at radius 3 is 2.58 bits per heavy atom. The predicted molar refractivity (Wildman–Crippen MR) is 62.1 cm³/mol. The number of fused-ring (bicyclic) bond motifs is 1. The maximum Gasteiger partial charge on any atom is 0.449 e. The van der Waals surface area contributed by atoms with Gasteiger partial charge >= 0.3 is 12.1 Å². The van der Waals surface area contributed by atoms with E-state index in [2.05, 4.69) is 4.98 Å². The summed E-state index contributed by atoms with van der Waals surface area (Å²) in [6.45, 7) is 0. The van der Waals surface area contributed by atoms with Gasteiger partial charge in [0.1, 0.15) is 0 Å². The van der Waals surface area contributed by atoms with Gasteiger partial charge in [0.15, 0.2) is 0 Å². The number of carboxylic acid groups (broad SMARTS) is 1. The van der Waals surface area contributed by atoms with E-state index in [0.717, 1.165) is 17.7 Å². The first kappa shape index (κ1) is 13.5. The Balaban J connectivity index is 2.89. The molecule has 5 nitrogen and oxygen atoms in total. The molecule has 0 aliphatic heterocycles. The van der Waals surface area contributed by atoms with Crippen molar-refractivity contribution in [1.29, 1.82) is 0 Å². The van der Waals surface area contributed by atoms with Gasteiger partial charge < -0.3 is 15.4 Å².